The lowest BCUT2D eigenvalue weighted by Crippen LogP contribution is -2.35. The standard InChI is InChI=1S/C30H58O7/c1-5-7-8-9-10-11-12-13-15-25(34-22-32-3)27-18-20-29(36-27)30-21-19-28(37-30)26(35-23-33-4)17-16-24(31)14-6-2/h24-31H,5-23H2,1-4H3/t24?,25-,26?,27-,28-,29-,30-/m1/s1. The molecule has 2 rings (SSSR count). The van der Waals surface area contributed by atoms with Gasteiger partial charge in [-0.15, -0.1) is 0 Å². The Kier molecular flexibility index (Phi) is 18.3. The van der Waals surface area contributed by atoms with E-state index in [1.54, 1.807) is 14.2 Å². The second-order valence-corrected chi connectivity index (χ2v) is 11.1. The maximum Gasteiger partial charge on any atom is 0.146 e. The van der Waals surface area contributed by atoms with Crippen LogP contribution in [0.5, 0.6) is 0 Å². The molecule has 2 fully saturated rings. The van der Waals surface area contributed by atoms with Gasteiger partial charge >= 0.3 is 0 Å². The van der Waals surface area contributed by atoms with Gasteiger partial charge in [0.2, 0.25) is 0 Å². The lowest BCUT2D eigenvalue weighted by atomic mass is 10.00. The van der Waals surface area contributed by atoms with E-state index >= 15 is 0 Å². The van der Waals surface area contributed by atoms with Crippen molar-refractivity contribution in [1.29, 1.82) is 0 Å². The molecule has 0 aromatic carbocycles. The van der Waals surface area contributed by atoms with Crippen molar-refractivity contribution in [3.05, 3.63) is 0 Å². The third-order valence-electron chi connectivity index (χ3n) is 7.96. The Labute approximate surface area is 227 Å². The lowest BCUT2D eigenvalue weighted by Gasteiger charge is -2.27. The van der Waals surface area contributed by atoms with E-state index < -0.39 is 0 Å². The van der Waals surface area contributed by atoms with Gasteiger partial charge in [-0.25, -0.2) is 0 Å². The smallest absolute Gasteiger partial charge is 0.146 e. The Morgan fingerprint density at radius 3 is 1.65 bits per heavy atom. The molecule has 2 heterocycles. The molecule has 0 amide bonds. The van der Waals surface area contributed by atoms with Crippen LogP contribution in [0.25, 0.3) is 0 Å². The molecule has 7 atom stereocenters. The van der Waals surface area contributed by atoms with Crippen LogP contribution in [0.2, 0.25) is 0 Å². The highest BCUT2D eigenvalue weighted by atomic mass is 16.7. The normalized spacial score (nSPS) is 26.5. The zero-order valence-electron chi connectivity index (χ0n) is 24.4. The number of aliphatic hydroxyl groups excluding tert-OH is 1. The summed E-state index contributed by atoms with van der Waals surface area (Å²) in [5.41, 5.74) is 0. The predicted molar refractivity (Wildman–Crippen MR) is 147 cm³/mol. The van der Waals surface area contributed by atoms with Crippen molar-refractivity contribution in [3.63, 3.8) is 0 Å². The van der Waals surface area contributed by atoms with Crippen LogP contribution in [0.3, 0.4) is 0 Å². The molecule has 0 aromatic rings. The predicted octanol–water partition coefficient (Wildman–Crippen LogP) is 6.53. The molecule has 2 saturated heterocycles. The summed E-state index contributed by atoms with van der Waals surface area (Å²) in [6, 6.07) is 0. The summed E-state index contributed by atoms with van der Waals surface area (Å²) >= 11 is 0. The summed E-state index contributed by atoms with van der Waals surface area (Å²) in [6.07, 6.45) is 18.9. The van der Waals surface area contributed by atoms with Gasteiger partial charge in [-0.1, -0.05) is 71.6 Å². The Bertz CT molecular complexity index is 534. The van der Waals surface area contributed by atoms with Crippen LogP contribution in [0, 0.1) is 0 Å². The van der Waals surface area contributed by atoms with Crippen LogP contribution in [0.1, 0.15) is 123 Å². The molecule has 2 aliphatic rings. The van der Waals surface area contributed by atoms with Crippen molar-refractivity contribution < 1.29 is 33.5 Å². The van der Waals surface area contributed by atoms with Crippen molar-refractivity contribution in [3.8, 4) is 0 Å². The Morgan fingerprint density at radius 1 is 0.622 bits per heavy atom. The number of rotatable bonds is 23. The van der Waals surface area contributed by atoms with E-state index in [0.29, 0.717) is 6.79 Å². The summed E-state index contributed by atoms with van der Waals surface area (Å²) in [4.78, 5) is 0. The highest BCUT2D eigenvalue weighted by molar-refractivity contribution is 4.90. The van der Waals surface area contributed by atoms with E-state index in [2.05, 4.69) is 13.8 Å². The molecule has 7 nitrogen and oxygen atoms in total. The number of methoxy groups -OCH3 is 2. The molecular weight excluding hydrogens is 472 g/mol. The van der Waals surface area contributed by atoms with Gasteiger partial charge in [0, 0.05) is 14.2 Å². The summed E-state index contributed by atoms with van der Waals surface area (Å²) in [5.74, 6) is 0. The van der Waals surface area contributed by atoms with Gasteiger partial charge in [0.05, 0.1) is 42.7 Å². The Morgan fingerprint density at radius 2 is 1.14 bits per heavy atom. The lowest BCUT2D eigenvalue weighted by molar-refractivity contribution is -0.158. The zero-order valence-corrected chi connectivity index (χ0v) is 24.4. The van der Waals surface area contributed by atoms with Crippen LogP contribution in [-0.4, -0.2) is 75.6 Å². The largest absolute Gasteiger partial charge is 0.393 e. The minimum absolute atomic E-state index is 0.0227. The van der Waals surface area contributed by atoms with Crippen LogP contribution in [0.15, 0.2) is 0 Å². The van der Waals surface area contributed by atoms with E-state index in [4.69, 9.17) is 28.4 Å². The molecule has 0 spiro atoms. The monoisotopic (exact) mass is 530 g/mol. The van der Waals surface area contributed by atoms with Crippen molar-refractivity contribution >= 4 is 0 Å². The number of unbranched alkanes of at least 4 members (excludes halogenated alkanes) is 7. The first kappa shape index (κ1) is 32.9. The summed E-state index contributed by atoms with van der Waals surface area (Å²) in [5, 5.41) is 10.2. The zero-order chi connectivity index (χ0) is 26.7. The highest BCUT2D eigenvalue weighted by Crippen LogP contribution is 2.36. The fraction of sp³-hybridized carbons (Fsp3) is 1.00. The van der Waals surface area contributed by atoms with Gasteiger partial charge < -0.3 is 33.5 Å². The molecule has 2 unspecified atom stereocenters. The third-order valence-corrected chi connectivity index (χ3v) is 7.96. The van der Waals surface area contributed by atoms with Crippen molar-refractivity contribution in [2.75, 3.05) is 27.8 Å². The van der Waals surface area contributed by atoms with Crippen molar-refractivity contribution in [1.82, 2.24) is 0 Å². The Balaban J connectivity index is 1.77. The van der Waals surface area contributed by atoms with Crippen LogP contribution in [-0.2, 0) is 28.4 Å². The number of ether oxygens (including phenoxy) is 6. The first-order chi connectivity index (χ1) is 18.1. The summed E-state index contributed by atoms with van der Waals surface area (Å²) in [7, 11) is 3.32. The molecule has 2 aliphatic heterocycles. The quantitative estimate of drug-likeness (QED) is 0.119. The van der Waals surface area contributed by atoms with E-state index in [1.807, 2.05) is 0 Å². The molecular formula is C30H58O7. The van der Waals surface area contributed by atoms with Gasteiger partial charge in [-0.2, -0.15) is 0 Å². The van der Waals surface area contributed by atoms with Gasteiger partial charge in [0.15, 0.2) is 0 Å². The third kappa shape index (κ3) is 13.1. The first-order valence-corrected chi connectivity index (χ1v) is 15.3. The van der Waals surface area contributed by atoms with Crippen molar-refractivity contribution in [2.24, 2.45) is 0 Å². The number of hydrogen-bond acceptors (Lipinski definition) is 7. The molecule has 0 radical (unpaired) electrons. The molecule has 7 heteroatoms. The number of hydrogen-bond donors (Lipinski definition) is 1. The van der Waals surface area contributed by atoms with Gasteiger partial charge in [-0.3, -0.25) is 0 Å². The Hall–Kier alpha value is -0.280. The molecule has 0 bridgehead atoms. The molecule has 0 aromatic heterocycles. The second-order valence-electron chi connectivity index (χ2n) is 11.1. The van der Waals surface area contributed by atoms with Gasteiger partial charge in [0.1, 0.15) is 13.6 Å². The second kappa shape index (κ2) is 20.6. The van der Waals surface area contributed by atoms with Gasteiger partial charge in [0.25, 0.3) is 0 Å². The molecule has 220 valence electrons. The number of aliphatic hydroxyl groups is 1. The fourth-order valence-corrected chi connectivity index (χ4v) is 5.85. The maximum atomic E-state index is 10.2. The van der Waals surface area contributed by atoms with Gasteiger partial charge in [-0.05, 0) is 51.4 Å². The topological polar surface area (TPSA) is 75.6 Å². The molecule has 0 aliphatic carbocycles. The molecule has 1 N–H and O–H groups in total. The minimum atomic E-state index is -0.278. The van der Waals surface area contributed by atoms with E-state index in [0.717, 1.165) is 57.8 Å². The van der Waals surface area contributed by atoms with Crippen LogP contribution in [0.4, 0.5) is 0 Å². The molecule has 0 saturated carbocycles. The average Bonchev–Trinajstić information content (AvgIpc) is 3.58. The maximum absolute atomic E-state index is 10.2. The van der Waals surface area contributed by atoms with E-state index in [9.17, 15) is 5.11 Å². The first-order valence-electron chi connectivity index (χ1n) is 15.3. The van der Waals surface area contributed by atoms with E-state index in [-0.39, 0.29) is 49.5 Å². The fourth-order valence-electron chi connectivity index (χ4n) is 5.85. The summed E-state index contributed by atoms with van der Waals surface area (Å²) < 4.78 is 35.5. The van der Waals surface area contributed by atoms with Crippen LogP contribution >= 0.6 is 0 Å². The highest BCUT2D eigenvalue weighted by Gasteiger charge is 2.41. The average molecular weight is 531 g/mol. The molecule has 37 heavy (non-hydrogen) atoms. The minimum Gasteiger partial charge on any atom is -0.393 e. The SMILES string of the molecule is CCCCCCCCCC[C@@H](OCOC)[C@H]1CC[C@H]([C@H]2CC[C@H](C(CCC(O)CCC)OCOC)O2)O1. The summed E-state index contributed by atoms with van der Waals surface area (Å²) in [6.45, 7) is 4.93. The van der Waals surface area contributed by atoms with Crippen molar-refractivity contribution in [2.45, 2.75) is 166 Å². The van der Waals surface area contributed by atoms with Crippen LogP contribution < -0.4 is 0 Å². The van der Waals surface area contributed by atoms with E-state index in [1.165, 1.54) is 51.4 Å².